The first-order chi connectivity index (χ1) is 15.9. The van der Waals surface area contributed by atoms with Crippen molar-refractivity contribution in [3.05, 3.63) is 70.3 Å². The van der Waals surface area contributed by atoms with Gasteiger partial charge in [0.05, 0.1) is 17.4 Å². The largest absolute Gasteiger partial charge is 0.475 e. The van der Waals surface area contributed by atoms with Crippen LogP contribution in [-0.4, -0.2) is 33.3 Å². The first-order valence-electron chi connectivity index (χ1n) is 11.5. The minimum Gasteiger partial charge on any atom is -0.475 e. The van der Waals surface area contributed by atoms with Gasteiger partial charge in [-0.3, -0.25) is 14.3 Å². The Morgan fingerprint density at radius 1 is 0.970 bits per heavy atom. The highest BCUT2D eigenvalue weighted by Gasteiger charge is 2.37. The molecule has 3 aromatic rings. The van der Waals surface area contributed by atoms with Gasteiger partial charge in [0.1, 0.15) is 5.75 Å². The summed E-state index contributed by atoms with van der Waals surface area (Å²) in [6.07, 6.45) is 2.30. The molecule has 1 aromatic heterocycles. The van der Waals surface area contributed by atoms with Crippen LogP contribution in [0.1, 0.15) is 49.9 Å². The first kappa shape index (κ1) is 21.9. The number of rotatable bonds is 5. The molecule has 1 unspecified atom stereocenters. The van der Waals surface area contributed by atoms with Gasteiger partial charge >= 0.3 is 6.18 Å². The van der Waals surface area contributed by atoms with Crippen molar-refractivity contribution in [3.8, 4) is 5.75 Å². The van der Waals surface area contributed by atoms with Crippen LogP contribution < -0.4 is 10.3 Å². The summed E-state index contributed by atoms with van der Waals surface area (Å²) in [6.45, 7) is 0.828. The molecule has 1 atom stereocenters. The minimum absolute atomic E-state index is 0.0401. The van der Waals surface area contributed by atoms with Gasteiger partial charge in [-0.25, -0.2) is 4.98 Å². The van der Waals surface area contributed by atoms with Crippen LogP contribution in [0.2, 0.25) is 0 Å². The summed E-state index contributed by atoms with van der Waals surface area (Å²) in [5.41, 5.74) is -0.0866. The second-order valence-corrected chi connectivity index (χ2v) is 8.88. The van der Waals surface area contributed by atoms with E-state index in [0.717, 1.165) is 19.4 Å². The van der Waals surface area contributed by atoms with Gasteiger partial charge in [0.2, 0.25) is 5.82 Å². The Hall–Kier alpha value is -2.87. The average molecular weight is 457 g/mol. The van der Waals surface area contributed by atoms with Crippen molar-refractivity contribution in [2.24, 2.45) is 0 Å². The van der Waals surface area contributed by atoms with Gasteiger partial charge in [-0.05, 0) is 61.9 Å². The fourth-order valence-corrected chi connectivity index (χ4v) is 4.73. The molecule has 8 heteroatoms. The third-order valence-corrected chi connectivity index (χ3v) is 6.68. The second kappa shape index (κ2) is 8.82. The minimum atomic E-state index is -4.74. The van der Waals surface area contributed by atoms with Crippen LogP contribution >= 0.6 is 0 Å². The SMILES string of the molecule is O=c1c2ccccc2nc(C(F)(F)F)n1Cc1ccc(OC2CCCCN2C2CCC2)cc1. The molecule has 5 nitrogen and oxygen atoms in total. The van der Waals surface area contributed by atoms with Gasteiger partial charge in [0, 0.05) is 12.6 Å². The summed E-state index contributed by atoms with van der Waals surface area (Å²) in [5, 5.41) is 0.166. The highest BCUT2D eigenvalue weighted by molar-refractivity contribution is 5.77. The molecule has 1 saturated carbocycles. The van der Waals surface area contributed by atoms with Crippen molar-refractivity contribution in [1.82, 2.24) is 14.5 Å². The van der Waals surface area contributed by atoms with Crippen LogP contribution in [0, 0.1) is 0 Å². The number of ether oxygens (including phenoxy) is 1. The van der Waals surface area contributed by atoms with E-state index in [1.54, 1.807) is 36.4 Å². The van der Waals surface area contributed by atoms with Gasteiger partial charge in [-0.1, -0.05) is 30.7 Å². The number of aromatic nitrogens is 2. The second-order valence-electron chi connectivity index (χ2n) is 8.88. The molecule has 33 heavy (non-hydrogen) atoms. The van der Waals surface area contributed by atoms with Gasteiger partial charge in [0.15, 0.2) is 6.23 Å². The highest BCUT2D eigenvalue weighted by Crippen LogP contribution is 2.32. The highest BCUT2D eigenvalue weighted by atomic mass is 19.4. The van der Waals surface area contributed by atoms with E-state index in [2.05, 4.69) is 9.88 Å². The number of halogens is 3. The molecule has 174 valence electrons. The van der Waals surface area contributed by atoms with Gasteiger partial charge in [-0.2, -0.15) is 13.2 Å². The molecule has 2 aromatic carbocycles. The zero-order valence-electron chi connectivity index (χ0n) is 18.2. The van der Waals surface area contributed by atoms with E-state index in [-0.39, 0.29) is 23.7 Å². The molecule has 0 N–H and O–H groups in total. The van der Waals surface area contributed by atoms with E-state index >= 15 is 0 Å². The maximum Gasteiger partial charge on any atom is 0.449 e. The zero-order valence-corrected chi connectivity index (χ0v) is 18.2. The fraction of sp³-hybridized carbons (Fsp3) is 0.440. The molecule has 2 fully saturated rings. The summed E-state index contributed by atoms with van der Waals surface area (Å²) < 4.78 is 48.0. The third-order valence-electron chi connectivity index (χ3n) is 6.68. The summed E-state index contributed by atoms with van der Waals surface area (Å²) in [6, 6.07) is 13.7. The van der Waals surface area contributed by atoms with Crippen LogP contribution in [0.5, 0.6) is 5.75 Å². The summed E-state index contributed by atoms with van der Waals surface area (Å²) in [7, 11) is 0. The zero-order chi connectivity index (χ0) is 23.0. The predicted octanol–water partition coefficient (Wildman–Crippen LogP) is 5.21. The van der Waals surface area contributed by atoms with Crippen molar-refractivity contribution >= 4 is 10.9 Å². The molecule has 0 spiro atoms. The Morgan fingerprint density at radius 2 is 1.73 bits per heavy atom. The Labute approximate surface area is 189 Å². The van der Waals surface area contributed by atoms with Crippen molar-refractivity contribution in [2.75, 3.05) is 6.54 Å². The number of hydrogen-bond acceptors (Lipinski definition) is 4. The lowest BCUT2D eigenvalue weighted by Crippen LogP contribution is -2.51. The number of likely N-dealkylation sites (tertiary alicyclic amines) is 1. The van der Waals surface area contributed by atoms with Crippen molar-refractivity contribution in [2.45, 2.75) is 63.5 Å². The molecule has 1 saturated heterocycles. The van der Waals surface area contributed by atoms with Crippen molar-refractivity contribution in [3.63, 3.8) is 0 Å². The number of nitrogens with zero attached hydrogens (tertiary/aromatic N) is 3. The molecule has 0 bridgehead atoms. The number of piperidine rings is 1. The predicted molar refractivity (Wildman–Crippen MR) is 119 cm³/mol. The van der Waals surface area contributed by atoms with E-state index in [9.17, 15) is 18.0 Å². The van der Waals surface area contributed by atoms with E-state index in [1.165, 1.54) is 37.8 Å². The van der Waals surface area contributed by atoms with Gasteiger partial charge < -0.3 is 4.74 Å². The average Bonchev–Trinajstić information content (AvgIpc) is 2.76. The lowest BCUT2D eigenvalue weighted by atomic mass is 9.89. The number of para-hydroxylation sites is 1. The lowest BCUT2D eigenvalue weighted by molar-refractivity contribution is -0.147. The molecule has 1 aliphatic heterocycles. The Balaban J connectivity index is 1.38. The quantitative estimate of drug-likeness (QED) is 0.528. The number of alkyl halides is 3. The number of fused-ring (bicyclic) bond motifs is 1. The normalized spacial score (nSPS) is 20.0. The monoisotopic (exact) mass is 457 g/mol. The topological polar surface area (TPSA) is 47.4 Å². The first-order valence-corrected chi connectivity index (χ1v) is 11.5. The van der Waals surface area contributed by atoms with Crippen LogP contribution in [0.4, 0.5) is 13.2 Å². The Bertz CT molecular complexity index is 1190. The fourth-order valence-electron chi connectivity index (χ4n) is 4.73. The van der Waals surface area contributed by atoms with Gasteiger partial charge in [0.25, 0.3) is 5.56 Å². The third kappa shape index (κ3) is 4.49. The summed E-state index contributed by atoms with van der Waals surface area (Å²) in [5.74, 6) is -0.500. The van der Waals surface area contributed by atoms with Crippen LogP contribution in [-0.2, 0) is 12.7 Å². The molecular formula is C25H26F3N3O2. The maximum atomic E-state index is 13.7. The maximum absolute atomic E-state index is 13.7. The van der Waals surface area contributed by atoms with Crippen LogP contribution in [0.3, 0.4) is 0 Å². The molecule has 2 heterocycles. The van der Waals surface area contributed by atoms with Crippen molar-refractivity contribution in [1.29, 1.82) is 0 Å². The molecule has 5 rings (SSSR count). The Morgan fingerprint density at radius 3 is 2.42 bits per heavy atom. The van der Waals surface area contributed by atoms with E-state index in [0.29, 0.717) is 21.9 Å². The molecule has 0 amide bonds. The van der Waals surface area contributed by atoms with E-state index in [1.807, 2.05) is 0 Å². The van der Waals surface area contributed by atoms with Crippen molar-refractivity contribution < 1.29 is 17.9 Å². The van der Waals surface area contributed by atoms with Crippen LogP contribution in [0.15, 0.2) is 53.3 Å². The van der Waals surface area contributed by atoms with Gasteiger partial charge in [-0.15, -0.1) is 0 Å². The molecule has 0 radical (unpaired) electrons. The van der Waals surface area contributed by atoms with Crippen LogP contribution in [0.25, 0.3) is 10.9 Å². The lowest BCUT2D eigenvalue weighted by Gasteiger charge is -2.44. The molecule has 1 aliphatic carbocycles. The number of hydrogen-bond donors (Lipinski definition) is 0. The Kier molecular flexibility index (Phi) is 5.86. The van der Waals surface area contributed by atoms with E-state index < -0.39 is 17.6 Å². The summed E-state index contributed by atoms with van der Waals surface area (Å²) in [4.78, 5) is 19.1. The molecule has 2 aliphatic rings. The smallest absolute Gasteiger partial charge is 0.449 e. The summed E-state index contributed by atoms with van der Waals surface area (Å²) >= 11 is 0. The standard InChI is InChI=1S/C25H26F3N3O2/c26-25(27,28)24-29-21-9-2-1-8-20(21)23(32)31(24)16-17-11-13-19(14-12-17)33-22-10-3-4-15-30(22)18-6-5-7-18/h1-2,8-9,11-14,18,22H,3-7,10,15-16H2. The molecular weight excluding hydrogens is 431 g/mol. The number of benzene rings is 2. The van der Waals surface area contributed by atoms with E-state index in [4.69, 9.17) is 4.74 Å².